The summed E-state index contributed by atoms with van der Waals surface area (Å²) in [7, 11) is 1.28. The van der Waals surface area contributed by atoms with E-state index in [0.717, 1.165) is 9.90 Å². The van der Waals surface area contributed by atoms with E-state index in [1.54, 1.807) is 11.8 Å². The van der Waals surface area contributed by atoms with Gasteiger partial charge in [-0.2, -0.15) is 0 Å². The van der Waals surface area contributed by atoms with E-state index in [2.05, 4.69) is 9.72 Å². The van der Waals surface area contributed by atoms with Gasteiger partial charge in [-0.05, 0) is 12.1 Å². The zero-order valence-corrected chi connectivity index (χ0v) is 12.7. The molecule has 6 heteroatoms. The van der Waals surface area contributed by atoms with Gasteiger partial charge in [-0.1, -0.05) is 18.2 Å². The molecule has 0 amide bonds. The number of methoxy groups -OCH3 is 1. The molecule has 0 saturated carbocycles. The molecule has 0 atom stereocenters. The van der Waals surface area contributed by atoms with E-state index >= 15 is 0 Å². The lowest BCUT2D eigenvalue weighted by atomic mass is 10.3. The van der Waals surface area contributed by atoms with Crippen LogP contribution in [0.25, 0.3) is 0 Å². The van der Waals surface area contributed by atoms with Gasteiger partial charge in [0.15, 0.2) is 11.5 Å². The summed E-state index contributed by atoms with van der Waals surface area (Å²) in [6.45, 7) is 1.42. The normalized spacial score (nSPS) is 10.3. The minimum Gasteiger partial charge on any atom is -0.464 e. The molecule has 1 aromatic heterocycles. The smallest absolute Gasteiger partial charge is 0.358 e. The summed E-state index contributed by atoms with van der Waals surface area (Å²) in [6.07, 6.45) is 0. The summed E-state index contributed by atoms with van der Waals surface area (Å²) in [5, 5.41) is 0.740. The van der Waals surface area contributed by atoms with Crippen LogP contribution in [0.5, 0.6) is 0 Å². The molecule has 2 aromatic rings. The summed E-state index contributed by atoms with van der Waals surface area (Å²) in [6, 6.07) is 9.89. The Morgan fingerprint density at radius 2 is 2.00 bits per heavy atom. The Morgan fingerprint density at radius 1 is 1.30 bits per heavy atom. The van der Waals surface area contributed by atoms with Crippen molar-refractivity contribution in [2.45, 2.75) is 17.6 Å². The van der Waals surface area contributed by atoms with E-state index < -0.39 is 5.97 Å². The van der Waals surface area contributed by atoms with E-state index in [-0.39, 0.29) is 11.5 Å². The van der Waals surface area contributed by atoms with Crippen LogP contribution in [-0.2, 0) is 10.5 Å². The van der Waals surface area contributed by atoms with Crippen LogP contribution in [0.15, 0.2) is 35.2 Å². The Balaban J connectivity index is 2.17. The van der Waals surface area contributed by atoms with Gasteiger partial charge in [-0.15, -0.1) is 23.1 Å². The number of ether oxygens (including phenoxy) is 1. The predicted octanol–water partition coefficient (Wildman–Crippen LogP) is 3.42. The number of nitrogens with zero attached hydrogens (tertiary/aromatic N) is 1. The second-order valence-electron chi connectivity index (χ2n) is 3.93. The highest BCUT2D eigenvalue weighted by molar-refractivity contribution is 7.98. The number of rotatable bonds is 5. The van der Waals surface area contributed by atoms with Gasteiger partial charge in [-0.3, -0.25) is 4.79 Å². The maximum atomic E-state index is 11.6. The van der Waals surface area contributed by atoms with Gasteiger partial charge >= 0.3 is 5.97 Å². The number of aromatic nitrogens is 1. The lowest BCUT2D eigenvalue weighted by Gasteiger charge is -1.97. The van der Waals surface area contributed by atoms with Crippen molar-refractivity contribution in [1.29, 1.82) is 0 Å². The molecule has 104 valence electrons. The van der Waals surface area contributed by atoms with Crippen molar-refractivity contribution < 1.29 is 14.3 Å². The number of esters is 1. The molecule has 2 rings (SSSR count). The largest absolute Gasteiger partial charge is 0.464 e. The highest BCUT2D eigenvalue weighted by atomic mass is 32.2. The molecule has 0 fully saturated rings. The van der Waals surface area contributed by atoms with Gasteiger partial charge < -0.3 is 4.74 Å². The highest BCUT2D eigenvalue weighted by Crippen LogP contribution is 2.27. The number of hydrogen-bond acceptors (Lipinski definition) is 6. The van der Waals surface area contributed by atoms with Crippen LogP contribution in [0.3, 0.4) is 0 Å². The molecule has 0 aliphatic rings. The first-order valence-electron chi connectivity index (χ1n) is 5.88. The van der Waals surface area contributed by atoms with E-state index in [0.29, 0.717) is 10.6 Å². The number of thioether (sulfide) groups is 1. The highest BCUT2D eigenvalue weighted by Gasteiger charge is 2.21. The van der Waals surface area contributed by atoms with Crippen molar-refractivity contribution in [3.8, 4) is 0 Å². The van der Waals surface area contributed by atoms with Gasteiger partial charge in [0.05, 0.1) is 12.9 Å². The topological polar surface area (TPSA) is 56.3 Å². The van der Waals surface area contributed by atoms with Crippen LogP contribution in [0, 0.1) is 0 Å². The number of carbonyl (C=O) groups is 2. The number of hydrogen-bond donors (Lipinski definition) is 0. The second-order valence-corrected chi connectivity index (χ2v) is 6.07. The Bertz CT molecular complexity index is 623. The molecule has 20 heavy (non-hydrogen) atoms. The van der Waals surface area contributed by atoms with Gasteiger partial charge in [0.1, 0.15) is 9.88 Å². The third kappa shape index (κ3) is 3.46. The third-order valence-electron chi connectivity index (χ3n) is 2.48. The minimum atomic E-state index is -0.567. The van der Waals surface area contributed by atoms with Crippen molar-refractivity contribution in [1.82, 2.24) is 4.98 Å². The molecular formula is C14H13NO3S2. The fourth-order valence-corrected chi connectivity index (χ4v) is 3.42. The Hall–Kier alpha value is -1.66. The number of Topliss-reactive ketones (excluding diaryl/α,β-unsaturated/α-hetero) is 1. The first kappa shape index (κ1) is 14.7. The van der Waals surface area contributed by atoms with Crippen molar-refractivity contribution in [2.75, 3.05) is 7.11 Å². The van der Waals surface area contributed by atoms with Crippen molar-refractivity contribution in [3.63, 3.8) is 0 Å². The van der Waals surface area contributed by atoms with Crippen LogP contribution < -0.4 is 0 Å². The zero-order valence-electron chi connectivity index (χ0n) is 11.1. The zero-order chi connectivity index (χ0) is 14.5. The van der Waals surface area contributed by atoms with Crippen LogP contribution in [0.4, 0.5) is 0 Å². The molecule has 1 aromatic carbocycles. The monoisotopic (exact) mass is 307 g/mol. The van der Waals surface area contributed by atoms with Crippen LogP contribution in [-0.4, -0.2) is 23.8 Å². The summed E-state index contributed by atoms with van der Waals surface area (Å²) < 4.78 is 4.65. The summed E-state index contributed by atoms with van der Waals surface area (Å²) in [4.78, 5) is 28.8. The molecule has 0 spiro atoms. The molecule has 0 aliphatic heterocycles. The maximum absolute atomic E-state index is 11.6. The average Bonchev–Trinajstić information content (AvgIpc) is 2.90. The van der Waals surface area contributed by atoms with E-state index in [1.807, 2.05) is 30.3 Å². The standard InChI is InChI=1S/C14H13NO3S2/c1-9(16)13-12(14(17)18-2)15-11(20-13)8-19-10-6-4-3-5-7-10/h3-7H,8H2,1-2H3. The fourth-order valence-electron chi connectivity index (χ4n) is 1.56. The summed E-state index contributed by atoms with van der Waals surface area (Å²) in [5.74, 6) is -0.118. The van der Waals surface area contributed by atoms with Crippen LogP contribution in [0.2, 0.25) is 0 Å². The summed E-state index contributed by atoms with van der Waals surface area (Å²) in [5.41, 5.74) is 0.119. The van der Waals surface area contributed by atoms with Gasteiger partial charge in [0, 0.05) is 11.8 Å². The molecule has 4 nitrogen and oxygen atoms in total. The maximum Gasteiger partial charge on any atom is 0.358 e. The fraction of sp³-hybridized carbons (Fsp3) is 0.214. The molecule has 0 bridgehead atoms. The van der Waals surface area contributed by atoms with E-state index in [1.165, 1.54) is 25.4 Å². The Labute approximate surface area is 125 Å². The quantitative estimate of drug-likeness (QED) is 0.481. The van der Waals surface area contributed by atoms with Crippen molar-refractivity contribution in [2.24, 2.45) is 0 Å². The van der Waals surface area contributed by atoms with E-state index in [9.17, 15) is 9.59 Å². The Morgan fingerprint density at radius 3 is 2.60 bits per heavy atom. The molecular weight excluding hydrogens is 294 g/mol. The third-order valence-corrected chi connectivity index (χ3v) is 4.84. The lowest BCUT2D eigenvalue weighted by Crippen LogP contribution is -2.07. The molecule has 0 unspecified atom stereocenters. The predicted molar refractivity (Wildman–Crippen MR) is 79.5 cm³/mol. The number of thiazole rings is 1. The van der Waals surface area contributed by atoms with Gasteiger partial charge in [-0.25, -0.2) is 9.78 Å². The first-order chi connectivity index (χ1) is 9.61. The molecule has 0 N–H and O–H groups in total. The van der Waals surface area contributed by atoms with Gasteiger partial charge in [0.2, 0.25) is 0 Å². The number of benzene rings is 1. The van der Waals surface area contributed by atoms with Gasteiger partial charge in [0.25, 0.3) is 0 Å². The minimum absolute atomic E-state index is 0.119. The second kappa shape index (κ2) is 6.67. The molecule has 0 aliphatic carbocycles. The van der Waals surface area contributed by atoms with Crippen molar-refractivity contribution in [3.05, 3.63) is 45.9 Å². The Kier molecular flexibility index (Phi) is 4.92. The summed E-state index contributed by atoms with van der Waals surface area (Å²) >= 11 is 2.86. The molecule has 1 heterocycles. The van der Waals surface area contributed by atoms with E-state index in [4.69, 9.17) is 0 Å². The van der Waals surface area contributed by atoms with Crippen molar-refractivity contribution >= 4 is 34.9 Å². The first-order valence-corrected chi connectivity index (χ1v) is 7.69. The molecule has 0 radical (unpaired) electrons. The van der Waals surface area contributed by atoms with Crippen LogP contribution in [0.1, 0.15) is 32.1 Å². The van der Waals surface area contributed by atoms with Crippen LogP contribution >= 0.6 is 23.1 Å². The number of ketones is 1. The SMILES string of the molecule is COC(=O)c1nc(CSc2ccccc2)sc1C(C)=O. The lowest BCUT2D eigenvalue weighted by molar-refractivity contribution is 0.0591. The molecule has 0 saturated heterocycles. The number of carbonyl (C=O) groups excluding carboxylic acids is 2. The average molecular weight is 307 g/mol.